The summed E-state index contributed by atoms with van der Waals surface area (Å²) in [5.41, 5.74) is 2.75. The number of carbonyl (C=O) groups excluding carboxylic acids is 1. The first-order valence-electron chi connectivity index (χ1n) is 10.1. The molecule has 6 heteroatoms. The zero-order valence-electron chi connectivity index (χ0n) is 18.2. The van der Waals surface area contributed by atoms with Crippen LogP contribution in [0.3, 0.4) is 0 Å². The molecule has 0 fully saturated rings. The number of aryl methyl sites for hydroxylation is 1. The van der Waals surface area contributed by atoms with E-state index in [2.05, 4.69) is 6.58 Å². The topological polar surface area (TPSA) is 59.3 Å². The molecular weight excluding hydrogens is 405 g/mol. The van der Waals surface area contributed by atoms with E-state index in [0.717, 1.165) is 17.7 Å². The van der Waals surface area contributed by atoms with Crippen LogP contribution in [0.5, 0.6) is 0 Å². The summed E-state index contributed by atoms with van der Waals surface area (Å²) in [6.45, 7) is 11.2. The number of allylic oxidation sites excluding steroid dienone is 3. The monoisotopic (exact) mass is 435 g/mol. The summed E-state index contributed by atoms with van der Waals surface area (Å²) in [6.07, 6.45) is 7.21. The Hall–Kier alpha value is -2.40. The molecule has 0 unspecified atom stereocenters. The predicted molar refractivity (Wildman–Crippen MR) is 122 cm³/mol. The van der Waals surface area contributed by atoms with Gasteiger partial charge in [0.15, 0.2) is 5.78 Å². The van der Waals surface area contributed by atoms with E-state index in [1.807, 2.05) is 37.5 Å². The van der Waals surface area contributed by atoms with E-state index >= 15 is 0 Å². The molecule has 1 heterocycles. The third-order valence-corrected chi connectivity index (χ3v) is 5.12. The molecule has 1 aromatic carbocycles. The summed E-state index contributed by atoms with van der Waals surface area (Å²) < 4.78 is 16.1. The van der Waals surface area contributed by atoms with Gasteiger partial charge in [-0.15, -0.1) is 18.2 Å². The molecule has 1 aromatic heterocycles. The number of nitrogens with zero attached hydrogens (tertiary/aromatic N) is 1. The molecule has 0 radical (unpaired) electrons. The Bertz CT molecular complexity index is 930. The molecule has 2 rings (SSSR count). The molecule has 0 saturated heterocycles. The second kappa shape index (κ2) is 12.3. The lowest BCUT2D eigenvalue weighted by molar-refractivity contribution is -0.137. The van der Waals surface area contributed by atoms with Crippen molar-refractivity contribution in [1.29, 1.82) is 0 Å². The molecular formula is C24H31ClFNO3. The van der Waals surface area contributed by atoms with E-state index in [-0.39, 0.29) is 18.1 Å². The number of Topliss-reactive ketones (excluding diaryl/α,β-unsaturated/α-hetero) is 1. The average molecular weight is 436 g/mol. The van der Waals surface area contributed by atoms with Crippen molar-refractivity contribution in [1.82, 2.24) is 4.57 Å². The van der Waals surface area contributed by atoms with Crippen molar-refractivity contribution in [3.05, 3.63) is 59.6 Å². The number of ketones is 1. The maximum atomic E-state index is 14.1. The summed E-state index contributed by atoms with van der Waals surface area (Å²) in [5, 5.41) is 9.98. The van der Waals surface area contributed by atoms with Crippen LogP contribution in [0.1, 0.15) is 67.6 Å². The SMILES string of the molecule is C=CCCl.CC/C=C/Cn1c([C@H](CC)CC(=O)O)c(C)c2cc(F)cc(C(C)=O)c21. The van der Waals surface area contributed by atoms with E-state index in [4.69, 9.17) is 11.6 Å². The van der Waals surface area contributed by atoms with Gasteiger partial charge in [0.2, 0.25) is 0 Å². The number of carboxylic acids is 1. The van der Waals surface area contributed by atoms with Crippen LogP contribution < -0.4 is 0 Å². The lowest BCUT2D eigenvalue weighted by Gasteiger charge is -2.18. The van der Waals surface area contributed by atoms with E-state index in [1.165, 1.54) is 19.1 Å². The molecule has 1 atom stereocenters. The number of carbonyl (C=O) groups is 2. The summed E-state index contributed by atoms with van der Waals surface area (Å²) in [4.78, 5) is 23.5. The number of alkyl halides is 1. The first kappa shape index (κ1) is 25.6. The molecule has 1 N–H and O–H groups in total. The third kappa shape index (κ3) is 6.30. The lowest BCUT2D eigenvalue weighted by atomic mass is 9.95. The van der Waals surface area contributed by atoms with Crippen molar-refractivity contribution in [2.45, 2.75) is 59.4 Å². The molecule has 4 nitrogen and oxygen atoms in total. The molecule has 0 bridgehead atoms. The molecule has 0 aliphatic carbocycles. The Kier molecular flexibility index (Phi) is 10.5. The number of aliphatic carboxylic acids is 1. The van der Waals surface area contributed by atoms with E-state index in [9.17, 15) is 19.1 Å². The maximum Gasteiger partial charge on any atom is 0.304 e. The molecule has 0 spiro atoms. The van der Waals surface area contributed by atoms with Crippen molar-refractivity contribution in [2.24, 2.45) is 0 Å². The normalized spacial score (nSPS) is 11.9. The fraction of sp³-hybridized carbons (Fsp3) is 0.417. The average Bonchev–Trinajstić information content (AvgIpc) is 2.97. The maximum absolute atomic E-state index is 14.1. The van der Waals surface area contributed by atoms with Crippen LogP contribution in [-0.2, 0) is 11.3 Å². The van der Waals surface area contributed by atoms with E-state index in [0.29, 0.717) is 35.3 Å². The van der Waals surface area contributed by atoms with Gasteiger partial charge in [-0.1, -0.05) is 32.1 Å². The van der Waals surface area contributed by atoms with Gasteiger partial charge in [-0.2, -0.15) is 0 Å². The van der Waals surface area contributed by atoms with Crippen molar-refractivity contribution in [3.63, 3.8) is 0 Å². The number of halogens is 2. The van der Waals surface area contributed by atoms with Gasteiger partial charge < -0.3 is 9.67 Å². The minimum atomic E-state index is -0.866. The highest BCUT2D eigenvalue weighted by Gasteiger charge is 2.25. The van der Waals surface area contributed by atoms with Crippen LogP contribution in [0.4, 0.5) is 4.39 Å². The van der Waals surface area contributed by atoms with Gasteiger partial charge in [-0.25, -0.2) is 4.39 Å². The Morgan fingerprint density at radius 2 is 1.93 bits per heavy atom. The summed E-state index contributed by atoms with van der Waals surface area (Å²) in [5.74, 6) is -1.16. The highest BCUT2D eigenvalue weighted by molar-refractivity contribution is 6.18. The largest absolute Gasteiger partial charge is 0.481 e. The van der Waals surface area contributed by atoms with Gasteiger partial charge in [0.25, 0.3) is 0 Å². The van der Waals surface area contributed by atoms with Crippen LogP contribution in [-0.4, -0.2) is 27.3 Å². The minimum absolute atomic E-state index is 0.00302. The van der Waals surface area contributed by atoms with Crippen molar-refractivity contribution < 1.29 is 19.1 Å². The second-order valence-electron chi connectivity index (χ2n) is 7.05. The quantitative estimate of drug-likeness (QED) is 0.273. The Morgan fingerprint density at radius 1 is 1.30 bits per heavy atom. The Labute approximate surface area is 183 Å². The number of aromatic nitrogens is 1. The van der Waals surface area contributed by atoms with Crippen LogP contribution in [0.2, 0.25) is 0 Å². The van der Waals surface area contributed by atoms with Crippen molar-refractivity contribution >= 4 is 34.3 Å². The molecule has 0 aliphatic rings. The lowest BCUT2D eigenvalue weighted by Crippen LogP contribution is -2.13. The molecule has 0 aliphatic heterocycles. The first-order chi connectivity index (χ1) is 14.2. The number of hydrogen-bond acceptors (Lipinski definition) is 2. The molecule has 30 heavy (non-hydrogen) atoms. The number of rotatable bonds is 9. The number of carboxylic acid groups (broad SMARTS) is 1. The minimum Gasteiger partial charge on any atom is -0.481 e. The number of fused-ring (bicyclic) bond motifs is 1. The highest BCUT2D eigenvalue weighted by atomic mass is 35.5. The molecule has 0 saturated carbocycles. The van der Waals surface area contributed by atoms with Gasteiger partial charge in [-0.3, -0.25) is 9.59 Å². The molecule has 2 aromatic rings. The number of benzene rings is 1. The zero-order valence-corrected chi connectivity index (χ0v) is 18.9. The Balaban J connectivity index is 0.00000103. The van der Waals surface area contributed by atoms with Crippen LogP contribution in [0.15, 0.2) is 36.9 Å². The third-order valence-electron chi connectivity index (χ3n) is 4.90. The van der Waals surface area contributed by atoms with Gasteiger partial charge in [-0.05, 0) is 44.4 Å². The summed E-state index contributed by atoms with van der Waals surface area (Å²) in [7, 11) is 0. The fourth-order valence-corrected chi connectivity index (χ4v) is 3.61. The van der Waals surface area contributed by atoms with Gasteiger partial charge >= 0.3 is 5.97 Å². The number of hydrogen-bond donors (Lipinski definition) is 1. The van der Waals surface area contributed by atoms with Gasteiger partial charge in [0.05, 0.1) is 11.9 Å². The van der Waals surface area contributed by atoms with Crippen LogP contribution >= 0.6 is 11.6 Å². The Morgan fingerprint density at radius 3 is 2.40 bits per heavy atom. The molecule has 164 valence electrons. The van der Waals surface area contributed by atoms with Crippen molar-refractivity contribution in [3.8, 4) is 0 Å². The fourth-order valence-electron chi connectivity index (χ4n) is 3.61. The highest BCUT2D eigenvalue weighted by Crippen LogP contribution is 2.36. The summed E-state index contributed by atoms with van der Waals surface area (Å²) in [6, 6.07) is 2.71. The standard InChI is InChI=1S/C21H26FNO3.C3H5Cl/c1-5-7-8-9-23-20(15(6-2)10-19(25)26)13(3)17-11-16(22)12-18(14(4)24)21(17)23;1-2-3-4/h7-8,11-12,15H,5-6,9-10H2,1-4H3,(H,25,26);2H,1,3H2/b8-7+;/t15-;/m1./s1. The van der Waals surface area contributed by atoms with Crippen LogP contribution in [0.25, 0.3) is 10.9 Å². The summed E-state index contributed by atoms with van der Waals surface area (Å²) >= 11 is 5.07. The molecule has 0 amide bonds. The smallest absolute Gasteiger partial charge is 0.304 e. The first-order valence-corrected chi connectivity index (χ1v) is 10.6. The predicted octanol–water partition coefficient (Wildman–Crippen LogP) is 6.64. The van der Waals surface area contributed by atoms with E-state index in [1.54, 1.807) is 6.08 Å². The zero-order chi connectivity index (χ0) is 22.8. The van der Waals surface area contributed by atoms with Crippen molar-refractivity contribution in [2.75, 3.05) is 5.88 Å². The van der Waals surface area contributed by atoms with E-state index < -0.39 is 11.8 Å². The van der Waals surface area contributed by atoms with Gasteiger partial charge in [0.1, 0.15) is 5.82 Å². The van der Waals surface area contributed by atoms with Gasteiger partial charge in [0, 0.05) is 35.0 Å². The van der Waals surface area contributed by atoms with Crippen LogP contribution in [0, 0.1) is 12.7 Å². The second-order valence-corrected chi connectivity index (χ2v) is 7.36.